The van der Waals surface area contributed by atoms with E-state index in [9.17, 15) is 14.0 Å². The molecule has 0 saturated heterocycles. The monoisotopic (exact) mass is 384 g/mol. The van der Waals surface area contributed by atoms with Crippen LogP contribution < -0.4 is 10.1 Å². The van der Waals surface area contributed by atoms with Gasteiger partial charge >= 0.3 is 0 Å². The lowest BCUT2D eigenvalue weighted by atomic mass is 10.1. The van der Waals surface area contributed by atoms with Crippen molar-refractivity contribution in [3.8, 4) is 5.75 Å². The second-order valence-electron chi connectivity index (χ2n) is 5.82. The Labute approximate surface area is 159 Å². The second-order valence-corrected chi connectivity index (χ2v) is 6.93. The maximum Gasteiger partial charge on any atom is 0.264 e. The molecule has 3 rings (SSSR count). The third-order valence-electron chi connectivity index (χ3n) is 3.75. The van der Waals surface area contributed by atoms with Gasteiger partial charge in [0.25, 0.3) is 5.91 Å². The molecule has 0 spiro atoms. The van der Waals surface area contributed by atoms with Crippen molar-refractivity contribution in [3.63, 3.8) is 0 Å². The molecule has 5 nitrogen and oxygen atoms in total. The molecule has 27 heavy (non-hydrogen) atoms. The Balaban J connectivity index is 1.52. The number of carbonyl (C=O) groups is 2. The molecule has 1 N–H and O–H groups in total. The number of anilines is 1. The first kappa shape index (κ1) is 18.7. The zero-order valence-corrected chi connectivity index (χ0v) is 15.4. The van der Waals surface area contributed by atoms with Crippen molar-refractivity contribution in [1.82, 2.24) is 4.98 Å². The number of nitrogens with one attached hydrogen (secondary N) is 1. The number of halogens is 1. The van der Waals surface area contributed by atoms with Crippen molar-refractivity contribution in [2.45, 2.75) is 13.3 Å². The number of carbonyl (C=O) groups excluding carboxylic acids is 2. The standard InChI is InChI=1S/C20H17FN2O3S/c1-13(24)14-6-8-16(9-7-14)26-12-19(25)23-20-22-11-17(27-20)10-15-4-2-3-5-18(15)21/h2-9,11H,10,12H2,1H3,(H,22,23,25). The van der Waals surface area contributed by atoms with Gasteiger partial charge in [0.15, 0.2) is 17.5 Å². The quantitative estimate of drug-likeness (QED) is 0.623. The molecule has 1 aromatic heterocycles. The zero-order chi connectivity index (χ0) is 19.2. The van der Waals surface area contributed by atoms with Gasteiger partial charge in [-0.2, -0.15) is 0 Å². The summed E-state index contributed by atoms with van der Waals surface area (Å²) in [4.78, 5) is 28.2. The third kappa shape index (κ3) is 5.21. The molecule has 0 aliphatic heterocycles. The fourth-order valence-corrected chi connectivity index (χ4v) is 3.22. The van der Waals surface area contributed by atoms with Gasteiger partial charge in [0.05, 0.1) is 0 Å². The molecular formula is C20H17FN2O3S. The van der Waals surface area contributed by atoms with Gasteiger partial charge in [-0.15, -0.1) is 11.3 Å². The maximum atomic E-state index is 13.7. The summed E-state index contributed by atoms with van der Waals surface area (Å²) in [5.74, 6) is -0.151. The van der Waals surface area contributed by atoms with E-state index in [1.165, 1.54) is 24.3 Å². The first-order chi connectivity index (χ1) is 13.0. The molecule has 0 aliphatic rings. The van der Waals surface area contributed by atoms with Crippen LogP contribution in [0.4, 0.5) is 9.52 Å². The van der Waals surface area contributed by atoms with Crippen molar-refractivity contribution >= 4 is 28.2 Å². The number of hydrogen-bond acceptors (Lipinski definition) is 5. The van der Waals surface area contributed by atoms with Crippen molar-refractivity contribution in [2.24, 2.45) is 0 Å². The Morgan fingerprint density at radius 2 is 1.89 bits per heavy atom. The lowest BCUT2D eigenvalue weighted by molar-refractivity contribution is -0.118. The number of rotatable bonds is 7. The molecule has 2 aromatic carbocycles. The van der Waals surface area contributed by atoms with E-state index < -0.39 is 0 Å². The fourth-order valence-electron chi connectivity index (χ4n) is 2.37. The average Bonchev–Trinajstić information content (AvgIpc) is 3.09. The zero-order valence-electron chi connectivity index (χ0n) is 14.6. The lowest BCUT2D eigenvalue weighted by Gasteiger charge is -2.06. The van der Waals surface area contributed by atoms with E-state index in [-0.39, 0.29) is 24.1 Å². The van der Waals surface area contributed by atoms with Crippen LogP contribution in [0.25, 0.3) is 0 Å². The molecule has 0 unspecified atom stereocenters. The molecule has 1 amide bonds. The molecule has 0 fully saturated rings. The van der Waals surface area contributed by atoms with Gasteiger partial charge in [-0.1, -0.05) is 18.2 Å². The van der Waals surface area contributed by atoms with E-state index in [0.717, 1.165) is 4.88 Å². The predicted octanol–water partition coefficient (Wildman–Crippen LogP) is 4.09. The lowest BCUT2D eigenvalue weighted by Crippen LogP contribution is -2.20. The molecule has 0 bridgehead atoms. The van der Waals surface area contributed by atoms with E-state index in [4.69, 9.17) is 4.74 Å². The maximum absolute atomic E-state index is 13.7. The van der Waals surface area contributed by atoms with Gasteiger partial charge in [0.2, 0.25) is 0 Å². The molecule has 7 heteroatoms. The van der Waals surface area contributed by atoms with Crippen LogP contribution in [0.2, 0.25) is 0 Å². The second kappa shape index (κ2) is 8.55. The highest BCUT2D eigenvalue weighted by Gasteiger charge is 2.10. The summed E-state index contributed by atoms with van der Waals surface area (Å²) < 4.78 is 19.1. The number of Topliss-reactive ketones (excluding diaryl/α,β-unsaturated/α-hetero) is 1. The Hall–Kier alpha value is -3.06. The topological polar surface area (TPSA) is 68.3 Å². The molecule has 0 saturated carbocycles. The van der Waals surface area contributed by atoms with Crippen LogP contribution in [-0.4, -0.2) is 23.3 Å². The number of aromatic nitrogens is 1. The van der Waals surface area contributed by atoms with Crippen molar-refractivity contribution < 1.29 is 18.7 Å². The molecule has 1 heterocycles. The Morgan fingerprint density at radius 3 is 2.59 bits per heavy atom. The Kier molecular flexibility index (Phi) is 5.93. The van der Waals surface area contributed by atoms with Crippen LogP contribution in [0, 0.1) is 5.82 Å². The van der Waals surface area contributed by atoms with Crippen molar-refractivity contribution in [2.75, 3.05) is 11.9 Å². The van der Waals surface area contributed by atoms with Crippen molar-refractivity contribution in [3.05, 3.63) is 76.5 Å². The van der Waals surface area contributed by atoms with E-state index in [0.29, 0.717) is 28.4 Å². The smallest absolute Gasteiger partial charge is 0.264 e. The molecule has 0 radical (unpaired) electrons. The van der Waals surface area contributed by atoms with E-state index >= 15 is 0 Å². The van der Waals surface area contributed by atoms with Gasteiger partial charge in [0, 0.05) is 23.1 Å². The largest absolute Gasteiger partial charge is 0.484 e. The number of ketones is 1. The number of amides is 1. The number of nitrogens with zero attached hydrogens (tertiary/aromatic N) is 1. The van der Waals surface area contributed by atoms with Crippen LogP contribution in [-0.2, 0) is 11.2 Å². The van der Waals surface area contributed by atoms with E-state index in [2.05, 4.69) is 10.3 Å². The summed E-state index contributed by atoms with van der Waals surface area (Å²) in [5.41, 5.74) is 1.16. The summed E-state index contributed by atoms with van der Waals surface area (Å²) >= 11 is 1.29. The van der Waals surface area contributed by atoms with Crippen LogP contribution in [0.15, 0.2) is 54.7 Å². The molecule has 0 atom stereocenters. The number of benzene rings is 2. The van der Waals surface area contributed by atoms with Gasteiger partial charge < -0.3 is 4.74 Å². The minimum atomic E-state index is -0.350. The van der Waals surface area contributed by atoms with Crippen LogP contribution in [0.3, 0.4) is 0 Å². The van der Waals surface area contributed by atoms with E-state index in [1.54, 1.807) is 48.7 Å². The summed E-state index contributed by atoms with van der Waals surface area (Å²) in [7, 11) is 0. The Bertz CT molecular complexity index is 954. The Morgan fingerprint density at radius 1 is 1.15 bits per heavy atom. The molecule has 0 aliphatic carbocycles. The predicted molar refractivity (Wildman–Crippen MR) is 102 cm³/mol. The van der Waals surface area contributed by atoms with Crippen LogP contribution in [0.1, 0.15) is 27.7 Å². The number of thiazole rings is 1. The highest BCUT2D eigenvalue weighted by molar-refractivity contribution is 7.15. The van der Waals surface area contributed by atoms with Gasteiger partial charge in [-0.25, -0.2) is 9.37 Å². The molecular weight excluding hydrogens is 367 g/mol. The highest BCUT2D eigenvalue weighted by atomic mass is 32.1. The van der Waals surface area contributed by atoms with Crippen molar-refractivity contribution in [1.29, 1.82) is 0 Å². The van der Waals surface area contributed by atoms with Crippen LogP contribution in [0.5, 0.6) is 5.75 Å². The SMILES string of the molecule is CC(=O)c1ccc(OCC(=O)Nc2ncc(Cc3ccccc3F)s2)cc1. The fraction of sp³-hybridized carbons (Fsp3) is 0.150. The highest BCUT2D eigenvalue weighted by Crippen LogP contribution is 2.22. The summed E-state index contributed by atoms with van der Waals surface area (Å²) in [5, 5.41) is 3.09. The minimum Gasteiger partial charge on any atom is -0.484 e. The minimum absolute atomic E-state index is 0.0331. The molecule has 138 valence electrons. The van der Waals surface area contributed by atoms with Gasteiger partial charge in [-0.05, 0) is 42.8 Å². The number of ether oxygens (including phenoxy) is 1. The van der Waals surface area contributed by atoms with Crippen LogP contribution >= 0.6 is 11.3 Å². The molecule has 3 aromatic rings. The number of hydrogen-bond donors (Lipinski definition) is 1. The average molecular weight is 384 g/mol. The summed E-state index contributed by atoms with van der Waals surface area (Å²) in [6.07, 6.45) is 2.03. The van der Waals surface area contributed by atoms with Gasteiger partial charge in [-0.3, -0.25) is 14.9 Å². The summed E-state index contributed by atoms with van der Waals surface area (Å²) in [6, 6.07) is 13.1. The first-order valence-electron chi connectivity index (χ1n) is 8.23. The summed E-state index contributed by atoms with van der Waals surface area (Å²) in [6.45, 7) is 1.30. The van der Waals surface area contributed by atoms with Gasteiger partial charge in [0.1, 0.15) is 11.6 Å². The third-order valence-corrected chi connectivity index (χ3v) is 4.67. The van der Waals surface area contributed by atoms with E-state index in [1.807, 2.05) is 0 Å². The first-order valence-corrected chi connectivity index (χ1v) is 9.04. The normalized spacial score (nSPS) is 10.4.